The van der Waals surface area contributed by atoms with Crippen LogP contribution in [-0.4, -0.2) is 13.7 Å². The Kier molecular flexibility index (Phi) is 3.32. The Morgan fingerprint density at radius 3 is 2.65 bits per heavy atom. The van der Waals surface area contributed by atoms with E-state index in [1.165, 1.54) is 0 Å². The van der Waals surface area contributed by atoms with Crippen LogP contribution in [0.15, 0.2) is 33.2 Å². The van der Waals surface area contributed by atoms with Crippen LogP contribution in [0.2, 0.25) is 0 Å². The van der Waals surface area contributed by atoms with Crippen molar-refractivity contribution in [2.24, 2.45) is 0 Å². The van der Waals surface area contributed by atoms with Gasteiger partial charge in [0.2, 0.25) is 0 Å². The Hall–Kier alpha value is -0.810. The Morgan fingerprint density at radius 2 is 2.00 bits per heavy atom. The fourth-order valence-electron chi connectivity index (χ4n) is 1.50. The summed E-state index contributed by atoms with van der Waals surface area (Å²) in [6.45, 7) is 3.35. The second-order valence-electron chi connectivity index (χ2n) is 4.25. The van der Waals surface area contributed by atoms with Gasteiger partial charge in [0.25, 0.3) is 0 Å². The molecule has 0 spiro atoms. The maximum Gasteiger partial charge on any atom is 0.159 e. The molecule has 1 heterocycles. The number of hydrogen-bond donors (Lipinski definition) is 0. The molecule has 3 nitrogen and oxygen atoms in total. The van der Waals surface area contributed by atoms with E-state index in [0.29, 0.717) is 11.3 Å². The average Bonchev–Trinajstić information content (AvgIpc) is 2.57. The zero-order valence-electron chi connectivity index (χ0n) is 9.60. The fraction of sp³-hybridized carbons (Fsp3) is 0.333. The van der Waals surface area contributed by atoms with Crippen LogP contribution >= 0.6 is 15.9 Å². The summed E-state index contributed by atoms with van der Waals surface area (Å²) >= 11 is 3.35. The first-order chi connectivity index (χ1) is 7.88. The molecule has 0 N–H and O–H groups in total. The zero-order valence-corrected chi connectivity index (χ0v) is 12.0. The fourth-order valence-corrected chi connectivity index (χ4v) is 2.71. The van der Waals surface area contributed by atoms with Crippen molar-refractivity contribution in [3.8, 4) is 0 Å². The van der Waals surface area contributed by atoms with Gasteiger partial charge in [-0.05, 0) is 38.1 Å². The van der Waals surface area contributed by atoms with E-state index in [1.54, 1.807) is 19.9 Å². The molecule has 0 saturated heterocycles. The normalized spacial score (nSPS) is 12.5. The molecule has 2 aromatic rings. The molecule has 0 aliphatic heterocycles. The van der Waals surface area contributed by atoms with E-state index in [1.807, 2.05) is 18.2 Å². The minimum absolute atomic E-state index is 0.0447. The maximum atomic E-state index is 11.8. The standard InChI is InChI=1S/C12H13BrO3S/c1-8(2)17(14,15)7-11-5-9-3-4-10(13)6-12(9)16-11/h3-6,8H,7H2,1-2H3. The lowest BCUT2D eigenvalue weighted by atomic mass is 10.2. The van der Waals surface area contributed by atoms with Crippen molar-refractivity contribution in [1.29, 1.82) is 0 Å². The molecular weight excluding hydrogens is 304 g/mol. The van der Waals surface area contributed by atoms with Crippen LogP contribution in [0.4, 0.5) is 0 Å². The monoisotopic (exact) mass is 316 g/mol. The Balaban J connectivity index is 2.38. The number of halogens is 1. The lowest BCUT2D eigenvalue weighted by Crippen LogP contribution is -2.15. The van der Waals surface area contributed by atoms with Gasteiger partial charge < -0.3 is 4.42 Å². The SMILES string of the molecule is CC(C)S(=O)(=O)Cc1cc2ccc(Br)cc2o1. The van der Waals surface area contributed by atoms with Crippen molar-refractivity contribution in [3.63, 3.8) is 0 Å². The van der Waals surface area contributed by atoms with Crippen molar-refractivity contribution in [2.45, 2.75) is 24.9 Å². The largest absolute Gasteiger partial charge is 0.460 e. The van der Waals surface area contributed by atoms with Crippen molar-refractivity contribution < 1.29 is 12.8 Å². The predicted octanol–water partition coefficient (Wildman–Crippen LogP) is 3.52. The number of benzene rings is 1. The second-order valence-corrected chi connectivity index (χ2v) is 7.72. The first kappa shape index (κ1) is 12.6. The summed E-state index contributed by atoms with van der Waals surface area (Å²) in [7, 11) is -3.11. The molecule has 0 fully saturated rings. The first-order valence-corrected chi connectivity index (χ1v) is 7.79. The molecule has 0 radical (unpaired) electrons. The molecule has 17 heavy (non-hydrogen) atoms. The second kappa shape index (κ2) is 4.46. The minimum atomic E-state index is -3.11. The molecule has 0 aliphatic rings. The summed E-state index contributed by atoms with van der Waals surface area (Å²) in [5, 5.41) is 0.532. The van der Waals surface area contributed by atoms with Gasteiger partial charge in [0, 0.05) is 9.86 Å². The molecule has 0 aliphatic carbocycles. The summed E-state index contributed by atoms with van der Waals surface area (Å²) in [5.74, 6) is 0.448. The number of fused-ring (bicyclic) bond motifs is 1. The van der Waals surface area contributed by atoms with E-state index < -0.39 is 9.84 Å². The first-order valence-electron chi connectivity index (χ1n) is 5.28. The van der Waals surface area contributed by atoms with Crippen LogP contribution in [-0.2, 0) is 15.6 Å². The van der Waals surface area contributed by atoms with Gasteiger partial charge in [-0.25, -0.2) is 8.42 Å². The van der Waals surface area contributed by atoms with Gasteiger partial charge in [0.15, 0.2) is 9.84 Å². The third-order valence-electron chi connectivity index (χ3n) is 2.59. The lowest BCUT2D eigenvalue weighted by Gasteiger charge is -2.04. The van der Waals surface area contributed by atoms with E-state index in [4.69, 9.17) is 4.42 Å². The summed E-state index contributed by atoms with van der Waals surface area (Å²) in [6.07, 6.45) is 0. The molecule has 5 heteroatoms. The van der Waals surface area contributed by atoms with E-state index >= 15 is 0 Å². The molecule has 0 atom stereocenters. The number of hydrogen-bond acceptors (Lipinski definition) is 3. The number of furan rings is 1. The topological polar surface area (TPSA) is 47.3 Å². The van der Waals surface area contributed by atoms with Crippen molar-refractivity contribution in [3.05, 3.63) is 34.5 Å². The van der Waals surface area contributed by atoms with Crippen LogP contribution in [0.3, 0.4) is 0 Å². The number of sulfone groups is 1. The highest BCUT2D eigenvalue weighted by Gasteiger charge is 2.19. The van der Waals surface area contributed by atoms with Crippen LogP contribution < -0.4 is 0 Å². The maximum absolute atomic E-state index is 11.8. The predicted molar refractivity (Wildman–Crippen MR) is 71.7 cm³/mol. The van der Waals surface area contributed by atoms with Crippen molar-refractivity contribution in [1.82, 2.24) is 0 Å². The smallest absolute Gasteiger partial charge is 0.159 e. The van der Waals surface area contributed by atoms with E-state index in [9.17, 15) is 8.42 Å². The van der Waals surface area contributed by atoms with Crippen LogP contribution in [0.5, 0.6) is 0 Å². The Bertz CT molecular complexity index is 641. The van der Waals surface area contributed by atoms with Gasteiger partial charge >= 0.3 is 0 Å². The number of rotatable bonds is 3. The van der Waals surface area contributed by atoms with E-state index in [-0.39, 0.29) is 11.0 Å². The quantitative estimate of drug-likeness (QED) is 0.870. The van der Waals surface area contributed by atoms with Crippen molar-refractivity contribution >= 4 is 36.7 Å². The summed E-state index contributed by atoms with van der Waals surface area (Å²) in [5.41, 5.74) is 0.702. The highest BCUT2D eigenvalue weighted by atomic mass is 79.9. The highest BCUT2D eigenvalue weighted by molar-refractivity contribution is 9.10. The summed E-state index contributed by atoms with van der Waals surface area (Å²) < 4.78 is 30.0. The van der Waals surface area contributed by atoms with Gasteiger partial charge in [-0.3, -0.25) is 0 Å². The zero-order chi connectivity index (χ0) is 12.6. The van der Waals surface area contributed by atoms with Gasteiger partial charge in [0.05, 0.1) is 5.25 Å². The summed E-state index contributed by atoms with van der Waals surface area (Å²) in [4.78, 5) is 0. The van der Waals surface area contributed by atoms with Gasteiger partial charge in [0.1, 0.15) is 17.1 Å². The lowest BCUT2D eigenvalue weighted by molar-refractivity contribution is 0.550. The molecule has 2 rings (SSSR count). The molecule has 92 valence electrons. The van der Waals surface area contributed by atoms with Gasteiger partial charge in [-0.15, -0.1) is 0 Å². The third kappa shape index (κ3) is 2.72. The Labute approximate surface area is 109 Å². The molecular formula is C12H13BrO3S. The van der Waals surface area contributed by atoms with E-state index in [0.717, 1.165) is 9.86 Å². The van der Waals surface area contributed by atoms with Crippen LogP contribution in [0.1, 0.15) is 19.6 Å². The van der Waals surface area contributed by atoms with Gasteiger partial charge in [-0.2, -0.15) is 0 Å². The van der Waals surface area contributed by atoms with E-state index in [2.05, 4.69) is 15.9 Å². The Morgan fingerprint density at radius 1 is 1.29 bits per heavy atom. The third-order valence-corrected chi connectivity index (χ3v) is 5.21. The molecule has 0 unspecified atom stereocenters. The van der Waals surface area contributed by atoms with Crippen LogP contribution in [0.25, 0.3) is 11.0 Å². The molecule has 1 aromatic carbocycles. The van der Waals surface area contributed by atoms with Gasteiger partial charge in [-0.1, -0.05) is 15.9 Å². The molecule has 0 amide bonds. The average molecular weight is 317 g/mol. The van der Waals surface area contributed by atoms with Crippen LogP contribution in [0, 0.1) is 0 Å². The van der Waals surface area contributed by atoms with Crippen molar-refractivity contribution in [2.75, 3.05) is 0 Å². The highest BCUT2D eigenvalue weighted by Crippen LogP contribution is 2.24. The minimum Gasteiger partial charge on any atom is -0.460 e. The summed E-state index contributed by atoms with van der Waals surface area (Å²) in [6, 6.07) is 7.41. The molecule has 0 bridgehead atoms. The molecule has 0 saturated carbocycles. The molecule has 1 aromatic heterocycles.